The average molecular weight is 391 g/mol. The number of aromatic nitrogens is 4. The summed E-state index contributed by atoms with van der Waals surface area (Å²) in [5.74, 6) is -1.04. The molecule has 0 saturated heterocycles. The third kappa shape index (κ3) is 3.38. The second-order valence-electron chi connectivity index (χ2n) is 4.70. The molecule has 1 N–H and O–H groups in total. The summed E-state index contributed by atoms with van der Waals surface area (Å²) in [6, 6.07) is 5.94. The van der Waals surface area contributed by atoms with Crippen molar-refractivity contribution in [3.05, 3.63) is 56.5 Å². The molecule has 23 heavy (non-hydrogen) atoms. The number of benzene rings is 1. The standard InChI is InChI=1S/C15H11BrN4O2S/c1-9-6-10(2-4-11(9)20-8-17-7-18-20)3-5-12-19-13(15(21)22)14(16)23-12/h2-8H,1H3,(H,21,22)/b5-3+. The van der Waals surface area contributed by atoms with Gasteiger partial charge >= 0.3 is 5.97 Å². The van der Waals surface area contributed by atoms with Crippen molar-refractivity contribution in [3.8, 4) is 5.69 Å². The van der Waals surface area contributed by atoms with Gasteiger partial charge in [0.1, 0.15) is 21.4 Å². The summed E-state index contributed by atoms with van der Waals surface area (Å²) in [5, 5.41) is 13.7. The van der Waals surface area contributed by atoms with Crippen molar-refractivity contribution >= 4 is 45.4 Å². The first kappa shape index (κ1) is 15.6. The van der Waals surface area contributed by atoms with Crippen LogP contribution in [0.15, 0.2) is 34.6 Å². The largest absolute Gasteiger partial charge is 0.476 e. The molecule has 2 heterocycles. The highest BCUT2D eigenvalue weighted by Crippen LogP contribution is 2.26. The number of aromatic carboxylic acids is 1. The molecule has 0 unspecified atom stereocenters. The van der Waals surface area contributed by atoms with E-state index in [4.69, 9.17) is 5.11 Å². The van der Waals surface area contributed by atoms with Crippen molar-refractivity contribution in [1.29, 1.82) is 0 Å². The average Bonchev–Trinajstić information content (AvgIpc) is 3.14. The molecule has 116 valence electrons. The summed E-state index contributed by atoms with van der Waals surface area (Å²) in [6.45, 7) is 2.00. The van der Waals surface area contributed by atoms with Gasteiger partial charge in [-0.05, 0) is 52.2 Å². The monoisotopic (exact) mass is 390 g/mol. The van der Waals surface area contributed by atoms with Crippen molar-refractivity contribution in [3.63, 3.8) is 0 Å². The van der Waals surface area contributed by atoms with Gasteiger partial charge in [-0.2, -0.15) is 5.10 Å². The van der Waals surface area contributed by atoms with Gasteiger partial charge in [-0.25, -0.2) is 19.4 Å². The van der Waals surface area contributed by atoms with Crippen molar-refractivity contribution in [1.82, 2.24) is 19.7 Å². The minimum Gasteiger partial charge on any atom is -0.476 e. The lowest BCUT2D eigenvalue weighted by Crippen LogP contribution is -1.97. The lowest BCUT2D eigenvalue weighted by Gasteiger charge is -2.05. The molecule has 2 aromatic heterocycles. The summed E-state index contributed by atoms with van der Waals surface area (Å²) in [5.41, 5.74) is 3.05. The normalized spacial score (nSPS) is 11.2. The molecule has 0 aliphatic heterocycles. The summed E-state index contributed by atoms with van der Waals surface area (Å²) in [6.07, 6.45) is 6.84. The van der Waals surface area contributed by atoms with Crippen LogP contribution in [0.5, 0.6) is 0 Å². The highest BCUT2D eigenvalue weighted by atomic mass is 79.9. The number of nitrogens with zero attached hydrogens (tertiary/aromatic N) is 4. The van der Waals surface area contributed by atoms with Gasteiger partial charge in [0.25, 0.3) is 0 Å². The molecule has 0 saturated carbocycles. The second kappa shape index (κ2) is 6.43. The maximum absolute atomic E-state index is 11.0. The van der Waals surface area contributed by atoms with Crippen LogP contribution in [0, 0.1) is 6.92 Å². The minimum absolute atomic E-state index is 0.0346. The zero-order valence-corrected chi connectivity index (χ0v) is 14.4. The fourth-order valence-electron chi connectivity index (χ4n) is 2.06. The lowest BCUT2D eigenvalue weighted by atomic mass is 10.1. The Balaban J connectivity index is 1.84. The predicted octanol–water partition coefficient (Wildman–Crippen LogP) is 3.66. The Bertz CT molecular complexity index is 887. The smallest absolute Gasteiger partial charge is 0.356 e. The van der Waals surface area contributed by atoms with Gasteiger partial charge in [-0.15, -0.1) is 11.3 Å². The fraction of sp³-hybridized carbons (Fsp3) is 0.0667. The quantitative estimate of drug-likeness (QED) is 0.734. The number of carbonyl (C=O) groups is 1. The first-order chi connectivity index (χ1) is 11.0. The third-order valence-corrected chi connectivity index (χ3v) is 4.78. The van der Waals surface area contributed by atoms with E-state index in [0.717, 1.165) is 16.8 Å². The maximum Gasteiger partial charge on any atom is 0.356 e. The van der Waals surface area contributed by atoms with E-state index in [1.807, 2.05) is 31.2 Å². The molecule has 0 amide bonds. The molecule has 0 aliphatic rings. The molecule has 0 bridgehead atoms. The minimum atomic E-state index is -1.04. The van der Waals surface area contributed by atoms with Crippen molar-refractivity contribution in [2.45, 2.75) is 6.92 Å². The first-order valence-corrected chi connectivity index (χ1v) is 8.19. The number of carboxylic acid groups (broad SMARTS) is 1. The molecular weight excluding hydrogens is 380 g/mol. The zero-order chi connectivity index (χ0) is 16.4. The maximum atomic E-state index is 11.0. The predicted molar refractivity (Wildman–Crippen MR) is 91.8 cm³/mol. The van der Waals surface area contributed by atoms with Crippen LogP contribution in [0.4, 0.5) is 0 Å². The van der Waals surface area contributed by atoms with Crippen LogP contribution in [0.1, 0.15) is 26.6 Å². The topological polar surface area (TPSA) is 80.9 Å². The van der Waals surface area contributed by atoms with Crippen LogP contribution >= 0.6 is 27.3 Å². The number of thiazole rings is 1. The molecule has 6 nitrogen and oxygen atoms in total. The van der Waals surface area contributed by atoms with Crippen LogP contribution in [0.25, 0.3) is 17.8 Å². The molecule has 3 rings (SSSR count). The van der Waals surface area contributed by atoms with Crippen LogP contribution in [0.2, 0.25) is 0 Å². The van der Waals surface area contributed by atoms with Gasteiger partial charge in [0.2, 0.25) is 0 Å². The highest BCUT2D eigenvalue weighted by Gasteiger charge is 2.13. The lowest BCUT2D eigenvalue weighted by molar-refractivity contribution is 0.0690. The Labute approximate surface area is 144 Å². The molecule has 8 heteroatoms. The van der Waals surface area contributed by atoms with Gasteiger partial charge in [0.05, 0.1) is 5.69 Å². The SMILES string of the molecule is Cc1cc(/C=C/c2nc(C(=O)O)c(Br)s2)ccc1-n1cncn1. The van der Waals surface area contributed by atoms with Crippen LogP contribution in [-0.2, 0) is 0 Å². The molecule has 1 aromatic carbocycles. The van der Waals surface area contributed by atoms with E-state index in [-0.39, 0.29) is 5.69 Å². The van der Waals surface area contributed by atoms with E-state index in [0.29, 0.717) is 8.79 Å². The number of rotatable bonds is 4. The fourth-order valence-corrected chi connectivity index (χ4v) is 3.50. The van der Waals surface area contributed by atoms with Gasteiger partial charge in [-0.3, -0.25) is 0 Å². The van der Waals surface area contributed by atoms with E-state index in [1.54, 1.807) is 17.1 Å². The molecule has 0 radical (unpaired) electrons. The zero-order valence-electron chi connectivity index (χ0n) is 12.0. The van der Waals surface area contributed by atoms with Crippen LogP contribution in [0.3, 0.4) is 0 Å². The summed E-state index contributed by atoms with van der Waals surface area (Å²) in [4.78, 5) is 19.0. The van der Waals surface area contributed by atoms with Crippen molar-refractivity contribution in [2.75, 3.05) is 0 Å². The Morgan fingerprint density at radius 3 is 2.83 bits per heavy atom. The Hall–Kier alpha value is -2.32. The molecule has 3 aromatic rings. The van der Waals surface area contributed by atoms with Gasteiger partial charge in [0, 0.05) is 0 Å². The van der Waals surface area contributed by atoms with Crippen LogP contribution in [-0.4, -0.2) is 30.8 Å². The Morgan fingerprint density at radius 2 is 2.22 bits per heavy atom. The molecule has 0 fully saturated rings. The molecular formula is C15H11BrN4O2S. The van der Waals surface area contributed by atoms with Gasteiger partial charge < -0.3 is 5.11 Å². The molecule has 0 spiro atoms. The second-order valence-corrected chi connectivity index (χ2v) is 7.05. The first-order valence-electron chi connectivity index (χ1n) is 6.58. The highest BCUT2D eigenvalue weighted by molar-refractivity contribution is 9.11. The number of hydrogen-bond acceptors (Lipinski definition) is 5. The van der Waals surface area contributed by atoms with E-state index >= 15 is 0 Å². The third-order valence-electron chi connectivity index (χ3n) is 3.11. The molecule has 0 aliphatic carbocycles. The number of halogens is 1. The van der Waals surface area contributed by atoms with E-state index < -0.39 is 5.97 Å². The number of aryl methyl sites for hydroxylation is 1. The summed E-state index contributed by atoms with van der Waals surface area (Å²) >= 11 is 4.50. The van der Waals surface area contributed by atoms with Gasteiger partial charge in [0.15, 0.2) is 5.69 Å². The summed E-state index contributed by atoms with van der Waals surface area (Å²) < 4.78 is 2.22. The Kier molecular flexibility index (Phi) is 4.35. The van der Waals surface area contributed by atoms with Crippen molar-refractivity contribution < 1.29 is 9.90 Å². The van der Waals surface area contributed by atoms with Crippen LogP contribution < -0.4 is 0 Å². The van der Waals surface area contributed by atoms with E-state index in [1.165, 1.54) is 17.7 Å². The van der Waals surface area contributed by atoms with E-state index in [9.17, 15) is 4.79 Å². The van der Waals surface area contributed by atoms with Gasteiger partial charge in [-0.1, -0.05) is 12.1 Å². The molecule has 0 atom stereocenters. The summed E-state index contributed by atoms with van der Waals surface area (Å²) in [7, 11) is 0. The number of carboxylic acids is 1. The van der Waals surface area contributed by atoms with Crippen molar-refractivity contribution in [2.24, 2.45) is 0 Å². The number of hydrogen-bond donors (Lipinski definition) is 1. The van der Waals surface area contributed by atoms with E-state index in [2.05, 4.69) is 31.0 Å². The Morgan fingerprint density at radius 1 is 1.39 bits per heavy atom.